The maximum absolute atomic E-state index is 12.8. The number of piperazine rings is 1. The average Bonchev–Trinajstić information content (AvgIpc) is 3.06. The molecular formula is C19H26N2O2. The molecule has 23 heavy (non-hydrogen) atoms. The highest BCUT2D eigenvalue weighted by Crippen LogP contribution is 2.29. The van der Waals surface area contributed by atoms with E-state index in [9.17, 15) is 9.59 Å². The first-order valence-corrected chi connectivity index (χ1v) is 8.68. The van der Waals surface area contributed by atoms with Crippen molar-refractivity contribution < 1.29 is 9.59 Å². The van der Waals surface area contributed by atoms with Crippen LogP contribution in [0.1, 0.15) is 43.7 Å². The van der Waals surface area contributed by atoms with Crippen LogP contribution in [0.15, 0.2) is 18.2 Å². The molecule has 124 valence electrons. The average molecular weight is 314 g/mol. The molecule has 1 heterocycles. The van der Waals surface area contributed by atoms with Gasteiger partial charge in [0.1, 0.15) is 6.04 Å². The predicted molar refractivity (Wildman–Crippen MR) is 91.4 cm³/mol. The zero-order valence-electron chi connectivity index (χ0n) is 14.3. The Bertz CT molecular complexity index is 620. The van der Waals surface area contributed by atoms with Crippen LogP contribution in [-0.2, 0) is 9.59 Å². The number of anilines is 1. The largest absolute Gasteiger partial charge is 0.329 e. The molecular weight excluding hydrogens is 288 g/mol. The molecule has 0 radical (unpaired) electrons. The second kappa shape index (κ2) is 6.34. The van der Waals surface area contributed by atoms with E-state index in [1.165, 1.54) is 11.1 Å². The molecule has 4 heteroatoms. The molecule has 0 bridgehead atoms. The normalized spacial score (nSPS) is 22.7. The summed E-state index contributed by atoms with van der Waals surface area (Å²) in [5.41, 5.74) is 3.36. The number of hydrogen-bond acceptors (Lipinski definition) is 2. The van der Waals surface area contributed by atoms with E-state index >= 15 is 0 Å². The van der Waals surface area contributed by atoms with Crippen molar-refractivity contribution in [2.45, 2.75) is 52.5 Å². The number of benzene rings is 1. The van der Waals surface area contributed by atoms with E-state index in [0.717, 1.165) is 31.4 Å². The van der Waals surface area contributed by atoms with Gasteiger partial charge in [-0.25, -0.2) is 0 Å². The molecule has 3 rings (SSSR count). The Balaban J connectivity index is 1.75. The molecule has 1 atom stereocenters. The van der Waals surface area contributed by atoms with Crippen molar-refractivity contribution in [1.29, 1.82) is 0 Å². The van der Waals surface area contributed by atoms with Crippen LogP contribution in [0.4, 0.5) is 5.69 Å². The third-order valence-electron chi connectivity index (χ3n) is 5.45. The van der Waals surface area contributed by atoms with Crippen molar-refractivity contribution >= 4 is 17.5 Å². The molecule has 1 aromatic carbocycles. The van der Waals surface area contributed by atoms with E-state index in [0.29, 0.717) is 13.1 Å². The number of carbonyl (C=O) groups excluding carboxylic acids is 2. The zero-order chi connectivity index (χ0) is 16.6. The maximum atomic E-state index is 12.8. The minimum Gasteiger partial charge on any atom is -0.329 e. The predicted octanol–water partition coefficient (Wildman–Crippen LogP) is 3.06. The van der Waals surface area contributed by atoms with E-state index < -0.39 is 0 Å². The highest BCUT2D eigenvalue weighted by atomic mass is 16.2. The van der Waals surface area contributed by atoms with Crippen LogP contribution in [-0.4, -0.2) is 35.8 Å². The summed E-state index contributed by atoms with van der Waals surface area (Å²) >= 11 is 0. The third-order valence-corrected chi connectivity index (χ3v) is 5.45. The van der Waals surface area contributed by atoms with Crippen LogP contribution in [0.5, 0.6) is 0 Å². The van der Waals surface area contributed by atoms with Gasteiger partial charge in [0.2, 0.25) is 11.8 Å². The Hall–Kier alpha value is -1.84. The molecule has 0 N–H and O–H groups in total. The summed E-state index contributed by atoms with van der Waals surface area (Å²) in [7, 11) is 0. The van der Waals surface area contributed by atoms with Gasteiger partial charge in [-0.1, -0.05) is 18.9 Å². The van der Waals surface area contributed by atoms with Gasteiger partial charge < -0.3 is 9.80 Å². The fraction of sp³-hybridized carbons (Fsp3) is 0.579. The summed E-state index contributed by atoms with van der Waals surface area (Å²) in [6.07, 6.45) is 4.25. The topological polar surface area (TPSA) is 40.6 Å². The Morgan fingerprint density at radius 1 is 1.09 bits per heavy atom. The molecule has 2 amide bonds. The van der Waals surface area contributed by atoms with E-state index in [1.54, 1.807) is 4.90 Å². The lowest BCUT2D eigenvalue weighted by Crippen LogP contribution is -2.58. The van der Waals surface area contributed by atoms with Crippen LogP contribution < -0.4 is 4.90 Å². The molecule has 0 spiro atoms. The quantitative estimate of drug-likeness (QED) is 0.842. The van der Waals surface area contributed by atoms with Crippen molar-refractivity contribution in [2.75, 3.05) is 18.0 Å². The highest BCUT2D eigenvalue weighted by molar-refractivity contribution is 6.00. The van der Waals surface area contributed by atoms with Crippen molar-refractivity contribution in [2.24, 2.45) is 5.92 Å². The van der Waals surface area contributed by atoms with Crippen molar-refractivity contribution in [3.63, 3.8) is 0 Å². The molecule has 1 unspecified atom stereocenters. The number of carbonyl (C=O) groups is 2. The molecule has 0 aromatic heterocycles. The zero-order valence-corrected chi connectivity index (χ0v) is 14.3. The van der Waals surface area contributed by atoms with E-state index in [-0.39, 0.29) is 23.8 Å². The molecule has 1 saturated carbocycles. The Kier molecular flexibility index (Phi) is 4.42. The van der Waals surface area contributed by atoms with Crippen LogP contribution in [0, 0.1) is 19.8 Å². The lowest BCUT2D eigenvalue weighted by molar-refractivity contribution is -0.143. The van der Waals surface area contributed by atoms with Crippen LogP contribution >= 0.6 is 0 Å². The summed E-state index contributed by atoms with van der Waals surface area (Å²) < 4.78 is 0. The molecule has 1 aliphatic heterocycles. The first kappa shape index (κ1) is 16.0. The summed E-state index contributed by atoms with van der Waals surface area (Å²) in [6, 6.07) is 5.76. The SMILES string of the molecule is Cc1ccc(N2CCN(C(=O)C3CCCC3)C(C)C2=O)cc1C. The van der Waals surface area contributed by atoms with Gasteiger partial charge in [-0.05, 0) is 56.9 Å². The van der Waals surface area contributed by atoms with Crippen LogP contribution in [0.2, 0.25) is 0 Å². The second-order valence-corrected chi connectivity index (χ2v) is 6.95. The third kappa shape index (κ3) is 2.99. The van der Waals surface area contributed by atoms with Gasteiger partial charge in [0, 0.05) is 24.7 Å². The maximum Gasteiger partial charge on any atom is 0.249 e. The minimum atomic E-state index is -0.363. The summed E-state index contributed by atoms with van der Waals surface area (Å²) in [6.45, 7) is 7.22. The number of rotatable bonds is 2. The fourth-order valence-electron chi connectivity index (χ4n) is 3.73. The van der Waals surface area contributed by atoms with Gasteiger partial charge >= 0.3 is 0 Å². The fourth-order valence-corrected chi connectivity index (χ4v) is 3.73. The second-order valence-electron chi connectivity index (χ2n) is 6.95. The molecule has 1 aliphatic carbocycles. The lowest BCUT2D eigenvalue weighted by atomic mass is 10.0. The Labute approximate surface area is 138 Å². The Morgan fingerprint density at radius 2 is 1.78 bits per heavy atom. The first-order valence-electron chi connectivity index (χ1n) is 8.68. The van der Waals surface area contributed by atoms with E-state index in [4.69, 9.17) is 0 Å². The summed E-state index contributed by atoms with van der Waals surface area (Å²) in [5, 5.41) is 0. The van der Waals surface area contributed by atoms with Crippen LogP contribution in [0.3, 0.4) is 0 Å². The van der Waals surface area contributed by atoms with Crippen molar-refractivity contribution in [1.82, 2.24) is 4.90 Å². The highest BCUT2D eigenvalue weighted by Gasteiger charge is 2.38. The van der Waals surface area contributed by atoms with Gasteiger partial charge in [0.25, 0.3) is 0 Å². The monoisotopic (exact) mass is 314 g/mol. The molecule has 2 fully saturated rings. The van der Waals surface area contributed by atoms with E-state index in [1.807, 2.05) is 17.9 Å². The number of amides is 2. The standard InChI is InChI=1S/C19H26N2O2/c1-13-8-9-17(12-14(13)2)21-11-10-20(15(3)18(21)22)19(23)16-6-4-5-7-16/h8-9,12,15-16H,4-7,10-11H2,1-3H3. The molecule has 1 saturated heterocycles. The smallest absolute Gasteiger partial charge is 0.249 e. The van der Waals surface area contributed by atoms with Gasteiger partial charge in [0.15, 0.2) is 0 Å². The molecule has 2 aliphatic rings. The molecule has 1 aromatic rings. The van der Waals surface area contributed by atoms with Gasteiger partial charge in [0.05, 0.1) is 0 Å². The summed E-state index contributed by atoms with van der Waals surface area (Å²) in [5.74, 6) is 0.354. The molecule has 4 nitrogen and oxygen atoms in total. The first-order chi connectivity index (χ1) is 11.0. The van der Waals surface area contributed by atoms with Gasteiger partial charge in [-0.2, -0.15) is 0 Å². The van der Waals surface area contributed by atoms with Gasteiger partial charge in [-0.15, -0.1) is 0 Å². The Morgan fingerprint density at radius 3 is 2.43 bits per heavy atom. The van der Waals surface area contributed by atoms with Crippen molar-refractivity contribution in [3.8, 4) is 0 Å². The van der Waals surface area contributed by atoms with Crippen molar-refractivity contribution in [3.05, 3.63) is 29.3 Å². The number of aryl methyl sites for hydroxylation is 2. The van der Waals surface area contributed by atoms with Gasteiger partial charge in [-0.3, -0.25) is 9.59 Å². The summed E-state index contributed by atoms with van der Waals surface area (Å²) in [4.78, 5) is 29.1. The number of hydrogen-bond donors (Lipinski definition) is 0. The van der Waals surface area contributed by atoms with Crippen LogP contribution in [0.25, 0.3) is 0 Å². The lowest BCUT2D eigenvalue weighted by Gasteiger charge is -2.40. The number of nitrogens with zero attached hydrogens (tertiary/aromatic N) is 2. The minimum absolute atomic E-state index is 0.0332. The van der Waals surface area contributed by atoms with E-state index in [2.05, 4.69) is 26.0 Å².